The molecule has 19 heavy (non-hydrogen) atoms. The zero-order chi connectivity index (χ0) is 13.7. The highest BCUT2D eigenvalue weighted by atomic mass is 35.5. The van der Waals surface area contributed by atoms with Crippen LogP contribution in [0.2, 0.25) is 5.02 Å². The highest BCUT2D eigenvalue weighted by Crippen LogP contribution is 2.19. The standard InChI is InChI=1S/C15H13ClO3/c1-18-14-8-3-2-7-13(14)15(17)19-10-11-5-4-6-12(16)9-11/h2-9H,10H2,1H3. The van der Waals surface area contributed by atoms with Crippen LogP contribution in [0, 0.1) is 0 Å². The van der Waals surface area contributed by atoms with E-state index in [1.165, 1.54) is 7.11 Å². The Labute approximate surface area is 116 Å². The van der Waals surface area contributed by atoms with Crippen LogP contribution in [0.5, 0.6) is 5.75 Å². The summed E-state index contributed by atoms with van der Waals surface area (Å²) in [7, 11) is 1.52. The molecule has 0 amide bonds. The first-order valence-corrected chi connectivity index (χ1v) is 6.13. The molecule has 0 spiro atoms. The minimum Gasteiger partial charge on any atom is -0.496 e. The van der Waals surface area contributed by atoms with E-state index in [9.17, 15) is 4.79 Å². The smallest absolute Gasteiger partial charge is 0.342 e. The van der Waals surface area contributed by atoms with E-state index in [-0.39, 0.29) is 6.61 Å². The van der Waals surface area contributed by atoms with E-state index in [2.05, 4.69) is 0 Å². The Kier molecular flexibility index (Phi) is 4.42. The Morgan fingerprint density at radius 3 is 2.68 bits per heavy atom. The van der Waals surface area contributed by atoms with Gasteiger partial charge in [-0.25, -0.2) is 4.79 Å². The van der Waals surface area contributed by atoms with Crippen molar-refractivity contribution in [3.8, 4) is 5.75 Å². The summed E-state index contributed by atoms with van der Waals surface area (Å²) in [6, 6.07) is 14.1. The van der Waals surface area contributed by atoms with Crippen molar-refractivity contribution in [2.45, 2.75) is 6.61 Å². The van der Waals surface area contributed by atoms with Crippen LogP contribution in [0.1, 0.15) is 15.9 Å². The van der Waals surface area contributed by atoms with Crippen molar-refractivity contribution >= 4 is 17.6 Å². The molecule has 0 unspecified atom stereocenters. The zero-order valence-corrected chi connectivity index (χ0v) is 11.2. The van der Waals surface area contributed by atoms with Crippen LogP contribution in [-0.4, -0.2) is 13.1 Å². The summed E-state index contributed by atoms with van der Waals surface area (Å²) in [6.07, 6.45) is 0. The van der Waals surface area contributed by atoms with E-state index in [1.807, 2.05) is 12.1 Å². The van der Waals surface area contributed by atoms with Gasteiger partial charge in [-0.2, -0.15) is 0 Å². The van der Waals surface area contributed by atoms with E-state index in [4.69, 9.17) is 21.1 Å². The molecule has 0 atom stereocenters. The molecule has 0 N–H and O–H groups in total. The lowest BCUT2D eigenvalue weighted by Gasteiger charge is -2.08. The Hall–Kier alpha value is -2.00. The van der Waals surface area contributed by atoms with Gasteiger partial charge >= 0.3 is 5.97 Å². The average Bonchev–Trinajstić information content (AvgIpc) is 2.45. The van der Waals surface area contributed by atoms with Crippen LogP contribution in [0.15, 0.2) is 48.5 Å². The van der Waals surface area contributed by atoms with Gasteiger partial charge < -0.3 is 9.47 Å². The van der Waals surface area contributed by atoms with Crippen molar-refractivity contribution in [2.24, 2.45) is 0 Å². The second kappa shape index (κ2) is 6.25. The van der Waals surface area contributed by atoms with Gasteiger partial charge in [0.1, 0.15) is 17.9 Å². The maximum absolute atomic E-state index is 11.9. The number of methoxy groups -OCH3 is 1. The number of benzene rings is 2. The van der Waals surface area contributed by atoms with E-state index in [1.54, 1.807) is 36.4 Å². The molecular formula is C15H13ClO3. The summed E-state index contributed by atoms with van der Waals surface area (Å²) in [4.78, 5) is 11.9. The Balaban J connectivity index is 2.05. The third-order valence-electron chi connectivity index (χ3n) is 2.59. The van der Waals surface area contributed by atoms with Crippen LogP contribution >= 0.6 is 11.6 Å². The number of hydrogen-bond donors (Lipinski definition) is 0. The van der Waals surface area contributed by atoms with Gasteiger partial charge in [0.05, 0.1) is 7.11 Å². The number of ether oxygens (including phenoxy) is 2. The summed E-state index contributed by atoms with van der Waals surface area (Å²) >= 11 is 5.86. The first-order valence-electron chi connectivity index (χ1n) is 5.75. The van der Waals surface area contributed by atoms with Crippen LogP contribution in [-0.2, 0) is 11.3 Å². The molecule has 0 saturated carbocycles. The molecule has 0 radical (unpaired) electrons. The van der Waals surface area contributed by atoms with E-state index >= 15 is 0 Å². The molecule has 0 aliphatic rings. The lowest BCUT2D eigenvalue weighted by molar-refractivity contribution is 0.0469. The Morgan fingerprint density at radius 1 is 1.16 bits per heavy atom. The van der Waals surface area contributed by atoms with Crippen molar-refractivity contribution in [3.05, 3.63) is 64.7 Å². The van der Waals surface area contributed by atoms with Gasteiger partial charge in [-0.15, -0.1) is 0 Å². The first-order chi connectivity index (χ1) is 9.20. The molecule has 3 nitrogen and oxygen atoms in total. The first kappa shape index (κ1) is 13.4. The van der Waals surface area contributed by atoms with Crippen molar-refractivity contribution in [2.75, 3.05) is 7.11 Å². The largest absolute Gasteiger partial charge is 0.496 e. The summed E-state index contributed by atoms with van der Waals surface area (Å²) in [5, 5.41) is 0.617. The number of esters is 1. The third kappa shape index (κ3) is 3.48. The predicted octanol–water partition coefficient (Wildman–Crippen LogP) is 3.71. The van der Waals surface area contributed by atoms with Gasteiger partial charge in [0.2, 0.25) is 0 Å². The molecule has 4 heteroatoms. The van der Waals surface area contributed by atoms with E-state index in [0.29, 0.717) is 16.3 Å². The Bertz CT molecular complexity index is 581. The molecule has 0 aromatic heterocycles. The molecule has 98 valence electrons. The zero-order valence-electron chi connectivity index (χ0n) is 10.4. The van der Waals surface area contributed by atoms with Gasteiger partial charge in [-0.3, -0.25) is 0 Å². The fourth-order valence-electron chi connectivity index (χ4n) is 1.67. The maximum Gasteiger partial charge on any atom is 0.342 e. The fraction of sp³-hybridized carbons (Fsp3) is 0.133. The Morgan fingerprint density at radius 2 is 1.95 bits per heavy atom. The fourth-order valence-corrected chi connectivity index (χ4v) is 1.88. The van der Waals surface area contributed by atoms with Gasteiger partial charge in [0, 0.05) is 5.02 Å². The van der Waals surface area contributed by atoms with E-state index < -0.39 is 5.97 Å². The topological polar surface area (TPSA) is 35.5 Å². The highest BCUT2D eigenvalue weighted by Gasteiger charge is 2.12. The van der Waals surface area contributed by atoms with Crippen LogP contribution in [0.25, 0.3) is 0 Å². The van der Waals surface area contributed by atoms with Crippen molar-refractivity contribution in [1.82, 2.24) is 0 Å². The predicted molar refractivity (Wildman–Crippen MR) is 73.6 cm³/mol. The highest BCUT2D eigenvalue weighted by molar-refractivity contribution is 6.30. The number of rotatable bonds is 4. The summed E-state index contributed by atoms with van der Waals surface area (Å²) in [6.45, 7) is 0.178. The number of para-hydroxylation sites is 1. The SMILES string of the molecule is COc1ccccc1C(=O)OCc1cccc(Cl)c1. The molecule has 0 heterocycles. The van der Waals surface area contributed by atoms with Gasteiger partial charge in [0.15, 0.2) is 0 Å². The number of carbonyl (C=O) groups excluding carboxylic acids is 1. The average molecular weight is 277 g/mol. The van der Waals surface area contributed by atoms with Crippen molar-refractivity contribution < 1.29 is 14.3 Å². The molecule has 0 aliphatic carbocycles. The minimum atomic E-state index is -0.419. The molecule has 0 fully saturated rings. The molecule has 0 bridgehead atoms. The van der Waals surface area contributed by atoms with E-state index in [0.717, 1.165) is 5.56 Å². The second-order valence-electron chi connectivity index (χ2n) is 3.91. The molecule has 2 aromatic rings. The van der Waals surface area contributed by atoms with Crippen molar-refractivity contribution in [3.63, 3.8) is 0 Å². The summed E-state index contributed by atoms with van der Waals surface area (Å²) < 4.78 is 10.3. The quantitative estimate of drug-likeness (QED) is 0.799. The van der Waals surface area contributed by atoms with Crippen molar-refractivity contribution in [1.29, 1.82) is 0 Å². The van der Waals surface area contributed by atoms with Crippen LogP contribution < -0.4 is 4.74 Å². The number of hydrogen-bond acceptors (Lipinski definition) is 3. The molecule has 2 rings (SSSR count). The molecule has 0 aliphatic heterocycles. The molecular weight excluding hydrogens is 264 g/mol. The number of carbonyl (C=O) groups is 1. The summed E-state index contributed by atoms with van der Waals surface area (Å²) in [5.74, 6) is 0.0796. The van der Waals surface area contributed by atoms with Crippen LogP contribution in [0.4, 0.5) is 0 Å². The lowest BCUT2D eigenvalue weighted by Crippen LogP contribution is -2.07. The number of halogens is 1. The molecule has 0 saturated heterocycles. The third-order valence-corrected chi connectivity index (χ3v) is 2.82. The maximum atomic E-state index is 11.9. The second-order valence-corrected chi connectivity index (χ2v) is 4.34. The van der Waals surface area contributed by atoms with Gasteiger partial charge in [0.25, 0.3) is 0 Å². The minimum absolute atomic E-state index is 0.178. The lowest BCUT2D eigenvalue weighted by atomic mass is 10.2. The molecule has 2 aromatic carbocycles. The summed E-state index contributed by atoms with van der Waals surface area (Å²) in [5.41, 5.74) is 1.25. The van der Waals surface area contributed by atoms with Gasteiger partial charge in [-0.05, 0) is 29.8 Å². The normalized spacial score (nSPS) is 10.0. The van der Waals surface area contributed by atoms with Crippen LogP contribution in [0.3, 0.4) is 0 Å². The monoisotopic (exact) mass is 276 g/mol. The van der Waals surface area contributed by atoms with Gasteiger partial charge in [-0.1, -0.05) is 35.9 Å².